The Morgan fingerprint density at radius 3 is 2.82 bits per heavy atom. The highest BCUT2D eigenvalue weighted by molar-refractivity contribution is 5.73. The number of ether oxygens (including phenoxy) is 2. The van der Waals surface area contributed by atoms with Gasteiger partial charge in [-0.05, 0) is 51.0 Å². The van der Waals surface area contributed by atoms with Gasteiger partial charge in [-0.2, -0.15) is 4.98 Å². The first kappa shape index (κ1) is 22.0. The molecule has 0 unspecified atom stereocenters. The predicted octanol–water partition coefficient (Wildman–Crippen LogP) is 3.42. The van der Waals surface area contributed by atoms with E-state index >= 15 is 0 Å². The topological polar surface area (TPSA) is 102 Å². The van der Waals surface area contributed by atoms with E-state index in [0.29, 0.717) is 36.5 Å². The van der Waals surface area contributed by atoms with E-state index in [0.717, 1.165) is 36.3 Å². The Kier molecular flexibility index (Phi) is 6.22. The molecule has 0 bridgehead atoms. The van der Waals surface area contributed by atoms with Crippen molar-refractivity contribution < 1.29 is 14.6 Å². The molecule has 1 aliphatic rings. The van der Waals surface area contributed by atoms with Crippen LogP contribution in [0.2, 0.25) is 0 Å². The molecule has 1 aromatic carbocycles. The summed E-state index contributed by atoms with van der Waals surface area (Å²) >= 11 is 0. The molecule has 1 aliphatic heterocycles. The van der Waals surface area contributed by atoms with Gasteiger partial charge >= 0.3 is 0 Å². The SMILES string of the molecule is CCOc1ccc(-n2cnc(Nc3nc(N4CCC[C@H]4CO)nn4cccc34)c2)cc1OCC. The fourth-order valence-corrected chi connectivity index (χ4v) is 4.28. The quantitative estimate of drug-likeness (QED) is 0.389. The van der Waals surface area contributed by atoms with Crippen molar-refractivity contribution in [1.82, 2.24) is 24.1 Å². The van der Waals surface area contributed by atoms with Crippen molar-refractivity contribution >= 4 is 23.1 Å². The van der Waals surface area contributed by atoms with Gasteiger partial charge in [0.05, 0.1) is 37.7 Å². The lowest BCUT2D eigenvalue weighted by Gasteiger charge is -2.23. The molecule has 2 N–H and O–H groups in total. The Hall–Kier alpha value is -3.79. The molecule has 0 spiro atoms. The largest absolute Gasteiger partial charge is 0.490 e. The summed E-state index contributed by atoms with van der Waals surface area (Å²) in [5, 5.41) is 17.7. The van der Waals surface area contributed by atoms with Gasteiger partial charge in [0.15, 0.2) is 17.3 Å². The van der Waals surface area contributed by atoms with Gasteiger partial charge in [0, 0.05) is 18.8 Å². The van der Waals surface area contributed by atoms with E-state index in [4.69, 9.17) is 14.5 Å². The molecule has 0 aliphatic carbocycles. The Bertz CT molecular complexity index is 1270. The maximum absolute atomic E-state index is 9.74. The minimum Gasteiger partial charge on any atom is -0.490 e. The van der Waals surface area contributed by atoms with Gasteiger partial charge in [-0.3, -0.25) is 0 Å². The van der Waals surface area contributed by atoms with Gasteiger partial charge in [0.2, 0.25) is 5.95 Å². The number of anilines is 3. The van der Waals surface area contributed by atoms with Crippen LogP contribution in [0.4, 0.5) is 17.6 Å². The second kappa shape index (κ2) is 9.60. The molecule has 0 amide bonds. The molecule has 3 aromatic heterocycles. The van der Waals surface area contributed by atoms with Crippen molar-refractivity contribution in [1.29, 1.82) is 0 Å². The lowest BCUT2D eigenvalue weighted by molar-refractivity contribution is 0.265. The Balaban J connectivity index is 1.43. The number of nitrogens with one attached hydrogen (secondary N) is 1. The third-order valence-electron chi connectivity index (χ3n) is 5.88. The molecule has 178 valence electrons. The highest BCUT2D eigenvalue weighted by atomic mass is 16.5. The second-order valence-electron chi connectivity index (χ2n) is 8.06. The molecular weight excluding hydrogens is 434 g/mol. The summed E-state index contributed by atoms with van der Waals surface area (Å²) in [4.78, 5) is 11.4. The van der Waals surface area contributed by atoms with Crippen molar-refractivity contribution in [3.63, 3.8) is 0 Å². The smallest absolute Gasteiger partial charge is 0.245 e. The number of hydrogen-bond acceptors (Lipinski definition) is 8. The van der Waals surface area contributed by atoms with Crippen molar-refractivity contribution in [2.45, 2.75) is 32.7 Å². The van der Waals surface area contributed by atoms with E-state index < -0.39 is 0 Å². The average molecular weight is 464 g/mol. The number of hydrogen-bond donors (Lipinski definition) is 2. The van der Waals surface area contributed by atoms with Crippen LogP contribution in [-0.2, 0) is 0 Å². The van der Waals surface area contributed by atoms with Crippen LogP contribution in [0.3, 0.4) is 0 Å². The second-order valence-corrected chi connectivity index (χ2v) is 8.06. The Morgan fingerprint density at radius 1 is 1.15 bits per heavy atom. The maximum Gasteiger partial charge on any atom is 0.245 e. The number of imidazole rings is 1. The fourth-order valence-electron chi connectivity index (χ4n) is 4.28. The zero-order valence-corrected chi connectivity index (χ0v) is 19.4. The number of nitrogens with zero attached hydrogens (tertiary/aromatic N) is 6. The predicted molar refractivity (Wildman–Crippen MR) is 130 cm³/mol. The zero-order valence-electron chi connectivity index (χ0n) is 19.4. The Morgan fingerprint density at radius 2 is 2.00 bits per heavy atom. The number of benzene rings is 1. The van der Waals surface area contributed by atoms with Crippen molar-refractivity contribution in [2.75, 3.05) is 36.6 Å². The molecule has 5 rings (SSSR count). The first-order valence-electron chi connectivity index (χ1n) is 11.6. The summed E-state index contributed by atoms with van der Waals surface area (Å²) in [6, 6.07) is 9.74. The van der Waals surface area contributed by atoms with E-state index in [1.54, 1.807) is 10.8 Å². The van der Waals surface area contributed by atoms with Gasteiger partial charge in [-0.25, -0.2) is 9.50 Å². The minimum atomic E-state index is 0.0410. The Labute approximate surface area is 197 Å². The number of aliphatic hydroxyl groups is 1. The maximum atomic E-state index is 9.74. The van der Waals surface area contributed by atoms with E-state index in [9.17, 15) is 5.11 Å². The summed E-state index contributed by atoms with van der Waals surface area (Å²) in [6.07, 6.45) is 7.48. The summed E-state index contributed by atoms with van der Waals surface area (Å²) in [6.45, 7) is 5.94. The van der Waals surface area contributed by atoms with Gasteiger partial charge in [-0.1, -0.05) is 0 Å². The fraction of sp³-hybridized carbons (Fsp3) is 0.375. The van der Waals surface area contributed by atoms with Gasteiger partial charge in [0.25, 0.3) is 0 Å². The minimum absolute atomic E-state index is 0.0410. The molecule has 34 heavy (non-hydrogen) atoms. The third kappa shape index (κ3) is 4.24. The van der Waals surface area contributed by atoms with Crippen LogP contribution in [0, 0.1) is 0 Å². The highest BCUT2D eigenvalue weighted by Gasteiger charge is 2.27. The standard InChI is InChI=1S/C24H29N7O3/c1-3-33-20-10-9-17(13-21(20)34-4-2)29-14-22(25-16-29)26-23-19-8-6-12-31(19)28-24(27-23)30-11-5-7-18(30)15-32/h6,8-10,12-14,16,18,32H,3-5,7,11,15H2,1-2H3,(H,26,27,28)/t18-/m0/s1. The molecule has 4 heterocycles. The van der Waals surface area contributed by atoms with Crippen LogP contribution >= 0.6 is 0 Å². The molecule has 0 saturated carbocycles. The summed E-state index contributed by atoms with van der Waals surface area (Å²) in [5.41, 5.74) is 1.75. The molecule has 1 saturated heterocycles. The van der Waals surface area contributed by atoms with Gasteiger partial charge < -0.3 is 29.4 Å². The van der Waals surface area contributed by atoms with Crippen molar-refractivity contribution in [2.24, 2.45) is 0 Å². The van der Waals surface area contributed by atoms with E-state index in [1.807, 2.05) is 61.1 Å². The number of rotatable bonds is 9. The molecule has 4 aromatic rings. The van der Waals surface area contributed by atoms with Crippen LogP contribution in [-0.4, -0.2) is 61.7 Å². The van der Waals surface area contributed by atoms with Crippen LogP contribution < -0.4 is 19.7 Å². The van der Waals surface area contributed by atoms with Crippen LogP contribution in [0.5, 0.6) is 11.5 Å². The average Bonchev–Trinajstić information content (AvgIpc) is 3.61. The van der Waals surface area contributed by atoms with Gasteiger partial charge in [-0.15, -0.1) is 5.10 Å². The van der Waals surface area contributed by atoms with Crippen molar-refractivity contribution in [3.8, 4) is 17.2 Å². The first-order valence-corrected chi connectivity index (χ1v) is 11.6. The molecule has 10 heteroatoms. The van der Waals surface area contributed by atoms with E-state index in [-0.39, 0.29) is 12.6 Å². The third-order valence-corrected chi connectivity index (χ3v) is 5.88. The highest BCUT2D eigenvalue weighted by Crippen LogP contribution is 2.31. The number of fused-ring (bicyclic) bond motifs is 1. The van der Waals surface area contributed by atoms with Crippen molar-refractivity contribution in [3.05, 3.63) is 49.1 Å². The van der Waals surface area contributed by atoms with E-state index in [2.05, 4.69) is 20.3 Å². The molecule has 1 fully saturated rings. The molecule has 0 radical (unpaired) electrons. The summed E-state index contributed by atoms with van der Waals surface area (Å²) in [7, 11) is 0. The molecule has 10 nitrogen and oxygen atoms in total. The normalized spacial score (nSPS) is 15.7. The number of aliphatic hydroxyl groups excluding tert-OH is 1. The first-order chi connectivity index (χ1) is 16.7. The summed E-state index contributed by atoms with van der Waals surface area (Å²) < 4.78 is 15.1. The van der Waals surface area contributed by atoms with Crippen LogP contribution in [0.15, 0.2) is 49.1 Å². The molecule has 1 atom stereocenters. The number of aromatic nitrogens is 5. The zero-order chi connectivity index (χ0) is 23.5. The lowest BCUT2D eigenvalue weighted by Crippen LogP contribution is -2.34. The summed E-state index contributed by atoms with van der Waals surface area (Å²) in [5.74, 6) is 3.32. The van der Waals surface area contributed by atoms with E-state index in [1.165, 1.54) is 0 Å². The van der Waals surface area contributed by atoms with Crippen LogP contribution in [0.25, 0.3) is 11.2 Å². The van der Waals surface area contributed by atoms with Crippen LogP contribution in [0.1, 0.15) is 26.7 Å². The lowest BCUT2D eigenvalue weighted by atomic mass is 10.2. The monoisotopic (exact) mass is 463 g/mol. The van der Waals surface area contributed by atoms with Gasteiger partial charge in [0.1, 0.15) is 17.7 Å². The molecular formula is C24H29N7O3.